The van der Waals surface area contributed by atoms with Crippen LogP contribution in [0.25, 0.3) is 0 Å². The third-order valence-corrected chi connectivity index (χ3v) is 5.31. The Labute approximate surface area is 146 Å². The number of amides is 2. The van der Waals surface area contributed by atoms with Gasteiger partial charge in [-0.1, -0.05) is 0 Å². The monoisotopic (exact) mass is 339 g/mol. The number of aromatic nitrogens is 3. The molecule has 2 aliphatic rings. The molecular formula is C18H21N5O2. The number of hydrogen-bond donors (Lipinski definition) is 0. The Hall–Kier alpha value is -2.70. The second-order valence-electron chi connectivity index (χ2n) is 6.93. The fourth-order valence-electron chi connectivity index (χ4n) is 3.98. The van der Waals surface area contributed by atoms with Crippen LogP contribution in [0.15, 0.2) is 36.9 Å². The molecule has 4 heterocycles. The van der Waals surface area contributed by atoms with Crippen molar-refractivity contribution in [3.8, 4) is 0 Å². The summed E-state index contributed by atoms with van der Waals surface area (Å²) < 4.78 is 1.70. The van der Waals surface area contributed by atoms with Gasteiger partial charge in [-0.3, -0.25) is 19.3 Å². The van der Waals surface area contributed by atoms with E-state index in [0.29, 0.717) is 25.2 Å². The molecule has 2 aliphatic heterocycles. The fraction of sp³-hybridized carbons (Fsp3) is 0.444. The van der Waals surface area contributed by atoms with Crippen molar-refractivity contribution in [1.29, 1.82) is 0 Å². The molecule has 130 valence electrons. The Kier molecular flexibility index (Phi) is 3.78. The molecule has 0 aromatic carbocycles. The fourth-order valence-corrected chi connectivity index (χ4v) is 3.98. The average Bonchev–Trinajstić information content (AvgIpc) is 3.20. The maximum Gasteiger partial charge on any atom is 0.253 e. The maximum atomic E-state index is 13.1. The highest BCUT2D eigenvalue weighted by atomic mass is 16.2. The number of rotatable bonds is 2. The lowest BCUT2D eigenvalue weighted by Crippen LogP contribution is -2.49. The largest absolute Gasteiger partial charge is 0.338 e. The van der Waals surface area contributed by atoms with E-state index in [2.05, 4.69) is 10.1 Å². The van der Waals surface area contributed by atoms with Crippen LogP contribution < -0.4 is 4.90 Å². The SMILES string of the molecule is Cn1cc(N2CC[C@@]3(CCCN(C(=O)c4ccncc4)C3)C2=O)cn1. The number of carbonyl (C=O) groups is 2. The molecule has 1 spiro atoms. The third kappa shape index (κ3) is 2.69. The zero-order chi connectivity index (χ0) is 17.4. The van der Waals surface area contributed by atoms with E-state index in [1.165, 1.54) is 0 Å². The molecule has 7 nitrogen and oxygen atoms in total. The predicted molar refractivity (Wildman–Crippen MR) is 92.0 cm³/mol. The lowest BCUT2D eigenvalue weighted by molar-refractivity contribution is -0.127. The molecule has 2 fully saturated rings. The van der Waals surface area contributed by atoms with Crippen molar-refractivity contribution in [2.24, 2.45) is 12.5 Å². The summed E-state index contributed by atoms with van der Waals surface area (Å²) >= 11 is 0. The summed E-state index contributed by atoms with van der Waals surface area (Å²) in [5, 5.41) is 4.16. The average molecular weight is 339 g/mol. The van der Waals surface area contributed by atoms with E-state index in [1.54, 1.807) is 35.4 Å². The van der Waals surface area contributed by atoms with Crippen molar-refractivity contribution in [1.82, 2.24) is 19.7 Å². The molecule has 2 amide bonds. The Morgan fingerprint density at radius 1 is 1.20 bits per heavy atom. The highest BCUT2D eigenvalue weighted by Gasteiger charge is 2.50. The summed E-state index contributed by atoms with van der Waals surface area (Å²) in [4.78, 5) is 33.5. The summed E-state index contributed by atoms with van der Waals surface area (Å²) in [6.07, 6.45) is 9.29. The molecule has 0 N–H and O–H groups in total. The van der Waals surface area contributed by atoms with E-state index in [0.717, 1.165) is 24.9 Å². The first kappa shape index (κ1) is 15.8. The molecule has 0 unspecified atom stereocenters. The van der Waals surface area contributed by atoms with Gasteiger partial charge >= 0.3 is 0 Å². The van der Waals surface area contributed by atoms with Gasteiger partial charge in [0.05, 0.1) is 17.3 Å². The quantitative estimate of drug-likeness (QED) is 0.831. The van der Waals surface area contributed by atoms with Gasteiger partial charge in [0.25, 0.3) is 5.91 Å². The number of piperidine rings is 1. The minimum atomic E-state index is -0.462. The van der Waals surface area contributed by atoms with E-state index >= 15 is 0 Å². The molecule has 0 radical (unpaired) electrons. The van der Waals surface area contributed by atoms with Gasteiger partial charge in [0.1, 0.15) is 0 Å². The number of nitrogens with zero attached hydrogens (tertiary/aromatic N) is 5. The predicted octanol–water partition coefficient (Wildman–Crippen LogP) is 1.47. The molecule has 2 aromatic heterocycles. The van der Waals surface area contributed by atoms with Gasteiger partial charge in [-0.2, -0.15) is 5.10 Å². The van der Waals surface area contributed by atoms with Crippen molar-refractivity contribution in [3.05, 3.63) is 42.5 Å². The molecule has 0 bridgehead atoms. The van der Waals surface area contributed by atoms with Gasteiger partial charge in [-0.05, 0) is 31.4 Å². The van der Waals surface area contributed by atoms with Gasteiger partial charge in [-0.15, -0.1) is 0 Å². The number of likely N-dealkylation sites (tertiary alicyclic amines) is 1. The van der Waals surface area contributed by atoms with Crippen LogP contribution in [0.1, 0.15) is 29.6 Å². The normalized spacial score (nSPS) is 23.5. The van der Waals surface area contributed by atoms with E-state index in [9.17, 15) is 9.59 Å². The van der Waals surface area contributed by atoms with E-state index in [-0.39, 0.29) is 11.8 Å². The second-order valence-corrected chi connectivity index (χ2v) is 6.93. The highest BCUT2D eigenvalue weighted by Crippen LogP contribution is 2.42. The van der Waals surface area contributed by atoms with Gasteiger partial charge in [0.2, 0.25) is 5.91 Å². The molecule has 25 heavy (non-hydrogen) atoms. The van der Waals surface area contributed by atoms with Crippen LogP contribution in [0, 0.1) is 5.41 Å². The molecule has 0 aliphatic carbocycles. The number of carbonyl (C=O) groups excluding carboxylic acids is 2. The zero-order valence-electron chi connectivity index (χ0n) is 14.3. The topological polar surface area (TPSA) is 71.3 Å². The van der Waals surface area contributed by atoms with Gasteiger partial charge in [-0.25, -0.2) is 0 Å². The molecule has 1 atom stereocenters. The Morgan fingerprint density at radius 3 is 2.72 bits per heavy atom. The summed E-state index contributed by atoms with van der Waals surface area (Å²) in [5.41, 5.74) is 1.00. The van der Waals surface area contributed by atoms with Crippen LogP contribution in [0.4, 0.5) is 5.69 Å². The highest BCUT2D eigenvalue weighted by molar-refractivity contribution is 6.01. The number of anilines is 1. The first-order valence-corrected chi connectivity index (χ1v) is 8.59. The van der Waals surface area contributed by atoms with Crippen molar-refractivity contribution >= 4 is 17.5 Å². The lowest BCUT2D eigenvalue weighted by atomic mass is 9.78. The van der Waals surface area contributed by atoms with Crippen LogP contribution >= 0.6 is 0 Å². The maximum absolute atomic E-state index is 13.1. The van der Waals surface area contributed by atoms with Crippen molar-refractivity contribution in [2.75, 3.05) is 24.5 Å². The van der Waals surface area contributed by atoms with Crippen LogP contribution in [0.2, 0.25) is 0 Å². The van der Waals surface area contributed by atoms with Crippen LogP contribution in [0.5, 0.6) is 0 Å². The summed E-state index contributed by atoms with van der Waals surface area (Å²) in [7, 11) is 1.84. The van der Waals surface area contributed by atoms with Crippen molar-refractivity contribution < 1.29 is 9.59 Å². The smallest absolute Gasteiger partial charge is 0.253 e. The standard InChI is InChI=1S/C18H21N5O2/c1-21-12-15(11-20-21)23-10-6-18(17(23)25)5-2-9-22(13-18)16(24)14-3-7-19-8-4-14/h3-4,7-8,11-12H,2,5-6,9-10,13H2,1H3/t18-/m1/s1. The van der Waals surface area contributed by atoms with E-state index < -0.39 is 5.41 Å². The third-order valence-electron chi connectivity index (χ3n) is 5.31. The first-order chi connectivity index (χ1) is 12.1. The van der Waals surface area contributed by atoms with Crippen LogP contribution in [0.3, 0.4) is 0 Å². The van der Waals surface area contributed by atoms with Gasteiger partial charge in [0, 0.05) is 50.8 Å². The van der Waals surface area contributed by atoms with Crippen molar-refractivity contribution in [3.63, 3.8) is 0 Å². The molecule has 2 aromatic rings. The second kappa shape index (κ2) is 5.98. The molecule has 4 rings (SSSR count). The van der Waals surface area contributed by atoms with Crippen LogP contribution in [-0.4, -0.2) is 51.1 Å². The molecule has 0 saturated carbocycles. The van der Waals surface area contributed by atoms with Gasteiger partial charge < -0.3 is 9.80 Å². The molecular weight excluding hydrogens is 318 g/mol. The van der Waals surface area contributed by atoms with E-state index in [1.807, 2.05) is 23.0 Å². The van der Waals surface area contributed by atoms with Gasteiger partial charge in [0.15, 0.2) is 0 Å². The summed E-state index contributed by atoms with van der Waals surface area (Å²) in [6, 6.07) is 3.45. The van der Waals surface area contributed by atoms with Crippen molar-refractivity contribution in [2.45, 2.75) is 19.3 Å². The summed E-state index contributed by atoms with van der Waals surface area (Å²) in [6.45, 7) is 1.87. The molecule has 2 saturated heterocycles. The Balaban J connectivity index is 1.54. The zero-order valence-corrected chi connectivity index (χ0v) is 14.3. The number of hydrogen-bond acceptors (Lipinski definition) is 4. The minimum absolute atomic E-state index is 0.0193. The molecule has 7 heteroatoms. The first-order valence-electron chi connectivity index (χ1n) is 8.59. The summed E-state index contributed by atoms with van der Waals surface area (Å²) in [5.74, 6) is 0.0989. The van der Waals surface area contributed by atoms with E-state index in [4.69, 9.17) is 0 Å². The minimum Gasteiger partial charge on any atom is -0.338 e. The number of aryl methyl sites for hydroxylation is 1. The van der Waals surface area contributed by atoms with Crippen LogP contribution in [-0.2, 0) is 11.8 Å². The number of pyridine rings is 1. The Bertz CT molecular complexity index is 803. The Morgan fingerprint density at radius 2 is 2.00 bits per heavy atom. The lowest BCUT2D eigenvalue weighted by Gasteiger charge is -2.39.